The Balaban J connectivity index is 2.16. The van der Waals surface area contributed by atoms with E-state index in [0.717, 1.165) is 24.1 Å². The Morgan fingerprint density at radius 2 is 2.32 bits per heavy atom. The molecule has 3 atom stereocenters. The minimum absolute atomic E-state index is 0.172. The van der Waals surface area contributed by atoms with Crippen molar-refractivity contribution < 1.29 is 24.6 Å². The minimum Gasteiger partial charge on any atom is -0.600 e. The molecule has 2 aliphatic heterocycles. The van der Waals surface area contributed by atoms with Crippen LogP contribution in [0.4, 0.5) is 0 Å². The second-order valence-electron chi connectivity index (χ2n) is 5.74. The summed E-state index contributed by atoms with van der Waals surface area (Å²) in [4.78, 5) is 2.09. The number of methoxy groups -OCH3 is 1. The summed E-state index contributed by atoms with van der Waals surface area (Å²) in [7, 11) is 3.55. The van der Waals surface area contributed by atoms with Crippen molar-refractivity contribution in [2.75, 3.05) is 27.5 Å². The topological polar surface area (TPSA) is 78.7 Å². The van der Waals surface area contributed by atoms with E-state index in [1.54, 1.807) is 7.11 Å². The molecule has 22 heavy (non-hydrogen) atoms. The molecular weight excluding hydrogens is 288 g/mol. The third kappa shape index (κ3) is 2.30. The molecule has 3 rings (SSSR count). The number of benzene rings is 1. The van der Waals surface area contributed by atoms with Crippen molar-refractivity contribution >= 4 is 0 Å². The highest BCUT2D eigenvalue weighted by Gasteiger charge is 2.40. The fourth-order valence-electron chi connectivity index (χ4n) is 3.51. The van der Waals surface area contributed by atoms with E-state index < -0.39 is 11.3 Å². The molecular formula is C15H22N2O5. The summed E-state index contributed by atoms with van der Waals surface area (Å²) in [5.74, 6) is 1.88. The average Bonchev–Trinajstić information content (AvgIpc) is 2.95. The minimum atomic E-state index is -0.785. The van der Waals surface area contributed by atoms with Gasteiger partial charge in [0.25, 0.3) is 0 Å². The molecule has 1 aromatic rings. The third-order valence-corrected chi connectivity index (χ3v) is 4.59. The van der Waals surface area contributed by atoms with Crippen LogP contribution in [0, 0.1) is 5.21 Å². The number of nitrogens with one attached hydrogen (secondary N) is 1. The van der Waals surface area contributed by atoms with E-state index in [-0.39, 0.29) is 12.8 Å². The van der Waals surface area contributed by atoms with Crippen LogP contribution in [0.15, 0.2) is 6.07 Å². The summed E-state index contributed by atoms with van der Waals surface area (Å²) < 4.78 is 16.6. The molecule has 0 radical (unpaired) electrons. The molecule has 0 aromatic heterocycles. The summed E-state index contributed by atoms with van der Waals surface area (Å²) in [5.41, 5.74) is 2.01. The Kier molecular flexibility index (Phi) is 4.14. The highest BCUT2D eigenvalue weighted by molar-refractivity contribution is 5.62. The predicted octanol–water partition coefficient (Wildman–Crippen LogP) is 0.503. The van der Waals surface area contributed by atoms with Crippen molar-refractivity contribution in [2.24, 2.45) is 0 Å². The monoisotopic (exact) mass is 310 g/mol. The molecule has 0 saturated heterocycles. The van der Waals surface area contributed by atoms with E-state index in [9.17, 15) is 10.4 Å². The van der Waals surface area contributed by atoms with Crippen molar-refractivity contribution in [1.82, 2.24) is 4.90 Å². The second-order valence-corrected chi connectivity index (χ2v) is 5.74. The van der Waals surface area contributed by atoms with Gasteiger partial charge in [0.2, 0.25) is 12.5 Å². The quantitative estimate of drug-likeness (QED) is 0.789. The summed E-state index contributed by atoms with van der Waals surface area (Å²) >= 11 is 0. The Bertz CT molecular complexity index is 563. The largest absolute Gasteiger partial charge is 0.600 e. The molecule has 2 aliphatic rings. The second kappa shape index (κ2) is 5.92. The number of likely N-dealkylation sites (N-methyl/N-ethyl adjacent to an activating group) is 1. The lowest BCUT2D eigenvalue weighted by Gasteiger charge is -2.41. The SMILES string of the molecule is CCC(C1c2c(cc3c(c2OC)OCO3)CCN1C)[NH+]([O-])O. The number of ether oxygens (including phenoxy) is 3. The average molecular weight is 310 g/mol. The molecule has 0 fully saturated rings. The van der Waals surface area contributed by atoms with Gasteiger partial charge in [-0.1, -0.05) is 6.92 Å². The van der Waals surface area contributed by atoms with Crippen molar-refractivity contribution in [2.45, 2.75) is 31.8 Å². The van der Waals surface area contributed by atoms with Gasteiger partial charge < -0.3 is 19.4 Å². The van der Waals surface area contributed by atoms with Crippen molar-refractivity contribution in [3.63, 3.8) is 0 Å². The first-order valence-corrected chi connectivity index (χ1v) is 7.50. The summed E-state index contributed by atoms with van der Waals surface area (Å²) in [6.07, 6.45) is 1.40. The first-order valence-electron chi connectivity index (χ1n) is 7.50. The normalized spacial score (nSPS) is 23.0. The molecule has 0 amide bonds. The van der Waals surface area contributed by atoms with Gasteiger partial charge in [-0.05, 0) is 25.1 Å². The summed E-state index contributed by atoms with van der Waals surface area (Å²) in [6.45, 7) is 2.88. The van der Waals surface area contributed by atoms with E-state index >= 15 is 0 Å². The van der Waals surface area contributed by atoms with Crippen LogP contribution in [0.1, 0.15) is 30.5 Å². The molecule has 2 heterocycles. The smallest absolute Gasteiger partial charge is 0.231 e. The molecule has 7 nitrogen and oxygen atoms in total. The maximum Gasteiger partial charge on any atom is 0.231 e. The lowest BCUT2D eigenvalue weighted by atomic mass is 9.86. The number of rotatable bonds is 4. The number of hydrogen-bond acceptors (Lipinski definition) is 6. The maximum absolute atomic E-state index is 11.7. The molecule has 0 bridgehead atoms. The van der Waals surface area contributed by atoms with Crippen molar-refractivity contribution in [3.8, 4) is 17.2 Å². The Labute approximate surface area is 129 Å². The van der Waals surface area contributed by atoms with Gasteiger partial charge in [-0.3, -0.25) is 4.90 Å². The zero-order valence-corrected chi connectivity index (χ0v) is 13.1. The first-order chi connectivity index (χ1) is 10.6. The number of hydrogen-bond donors (Lipinski definition) is 2. The number of hydroxylamine groups is 2. The highest BCUT2D eigenvalue weighted by atomic mass is 16.8. The Hall–Kier alpha value is -1.54. The molecule has 3 unspecified atom stereocenters. The van der Waals surface area contributed by atoms with Crippen LogP contribution in [0.3, 0.4) is 0 Å². The first kappa shape index (κ1) is 15.4. The lowest BCUT2D eigenvalue weighted by molar-refractivity contribution is -1.07. The molecule has 2 N–H and O–H groups in total. The number of nitrogens with zero attached hydrogens (tertiary/aromatic N) is 1. The highest BCUT2D eigenvalue weighted by Crippen LogP contribution is 2.49. The van der Waals surface area contributed by atoms with E-state index in [0.29, 0.717) is 23.7 Å². The molecule has 0 saturated carbocycles. The fraction of sp³-hybridized carbons (Fsp3) is 0.600. The third-order valence-electron chi connectivity index (χ3n) is 4.59. The zero-order chi connectivity index (χ0) is 15.9. The van der Waals surface area contributed by atoms with Crippen molar-refractivity contribution in [3.05, 3.63) is 22.4 Å². The zero-order valence-electron chi connectivity index (χ0n) is 13.1. The van der Waals surface area contributed by atoms with E-state index in [1.807, 2.05) is 20.0 Å². The van der Waals surface area contributed by atoms with E-state index in [2.05, 4.69) is 4.90 Å². The van der Waals surface area contributed by atoms with Crippen LogP contribution in [-0.4, -0.2) is 43.6 Å². The molecule has 122 valence electrons. The Morgan fingerprint density at radius 1 is 1.55 bits per heavy atom. The van der Waals surface area contributed by atoms with Gasteiger partial charge >= 0.3 is 0 Å². The van der Waals surface area contributed by atoms with Crippen LogP contribution < -0.4 is 19.4 Å². The van der Waals surface area contributed by atoms with Gasteiger partial charge in [0.05, 0.1) is 13.2 Å². The van der Waals surface area contributed by atoms with Crippen LogP contribution in [0.2, 0.25) is 0 Å². The van der Waals surface area contributed by atoms with Gasteiger partial charge in [-0.15, -0.1) is 0 Å². The number of quaternary nitrogens is 1. The van der Waals surface area contributed by atoms with Gasteiger partial charge in [-0.25, -0.2) is 10.4 Å². The Morgan fingerprint density at radius 3 is 2.95 bits per heavy atom. The van der Waals surface area contributed by atoms with Gasteiger partial charge in [0, 0.05) is 18.5 Å². The van der Waals surface area contributed by atoms with Crippen molar-refractivity contribution in [1.29, 1.82) is 0 Å². The van der Waals surface area contributed by atoms with Crippen LogP contribution in [0.25, 0.3) is 0 Å². The molecule has 7 heteroatoms. The van der Waals surface area contributed by atoms with E-state index in [1.165, 1.54) is 0 Å². The van der Waals surface area contributed by atoms with Gasteiger partial charge in [-0.2, -0.15) is 0 Å². The molecule has 1 aromatic carbocycles. The summed E-state index contributed by atoms with van der Waals surface area (Å²) in [6, 6.07) is 1.25. The lowest BCUT2D eigenvalue weighted by Crippen LogP contribution is -3.10. The predicted molar refractivity (Wildman–Crippen MR) is 78.4 cm³/mol. The van der Waals surface area contributed by atoms with Gasteiger partial charge in [0.1, 0.15) is 6.04 Å². The fourth-order valence-corrected chi connectivity index (χ4v) is 3.51. The molecule has 0 aliphatic carbocycles. The molecule has 0 spiro atoms. The number of fused-ring (bicyclic) bond motifs is 2. The van der Waals surface area contributed by atoms with Crippen LogP contribution >= 0.6 is 0 Å². The standard InChI is InChI=1S/C15H22N2O5/c1-4-10(17(18)19)13-12-9(5-6-16(13)2)7-11-14(15(12)20-3)22-8-21-11/h7,10,13,17-18H,4-6,8H2,1-3H3. The van der Waals surface area contributed by atoms with E-state index in [4.69, 9.17) is 14.2 Å². The van der Waals surface area contributed by atoms with Crippen LogP contribution in [-0.2, 0) is 6.42 Å². The van der Waals surface area contributed by atoms with Crippen LogP contribution in [0.5, 0.6) is 17.2 Å². The summed E-state index contributed by atoms with van der Waals surface area (Å²) in [5, 5.41) is 20.5. The van der Waals surface area contributed by atoms with Gasteiger partial charge in [0.15, 0.2) is 11.5 Å². The maximum atomic E-state index is 11.7.